The van der Waals surface area contributed by atoms with E-state index < -0.39 is 0 Å². The molecule has 1 fully saturated rings. The molecule has 8 nitrogen and oxygen atoms in total. The molecular formula is C18H20N6O2. The lowest BCUT2D eigenvalue weighted by Crippen LogP contribution is -2.29. The highest BCUT2D eigenvalue weighted by atomic mass is 16.5. The van der Waals surface area contributed by atoms with E-state index in [1.807, 2.05) is 39.9 Å². The standard InChI is InChI=1S/C18H20N6O2/c1-26-17-11-24(10-15(17)16-8-20-22-21-16)18(25)14-4-2-13(3-5-14)9-23-7-6-19-12-23/h2-8,12,15,17H,9-11H2,1H3,(H,20,21,22)/t15-,17+/m0/s1. The van der Waals surface area contributed by atoms with Gasteiger partial charge in [-0.05, 0) is 17.7 Å². The van der Waals surface area contributed by atoms with Gasteiger partial charge in [0.2, 0.25) is 0 Å². The molecule has 26 heavy (non-hydrogen) atoms. The van der Waals surface area contributed by atoms with Crippen LogP contribution in [0.4, 0.5) is 0 Å². The van der Waals surface area contributed by atoms with Crippen molar-refractivity contribution in [3.63, 3.8) is 0 Å². The number of hydrogen-bond acceptors (Lipinski definition) is 5. The highest BCUT2D eigenvalue weighted by Crippen LogP contribution is 2.28. The smallest absolute Gasteiger partial charge is 0.253 e. The number of rotatable bonds is 5. The van der Waals surface area contributed by atoms with Gasteiger partial charge >= 0.3 is 0 Å². The van der Waals surface area contributed by atoms with Gasteiger partial charge in [0.15, 0.2) is 0 Å². The summed E-state index contributed by atoms with van der Waals surface area (Å²) in [4.78, 5) is 18.7. The predicted molar refractivity (Wildman–Crippen MR) is 93.6 cm³/mol. The molecule has 0 radical (unpaired) electrons. The quantitative estimate of drug-likeness (QED) is 0.748. The van der Waals surface area contributed by atoms with Crippen LogP contribution in [0.1, 0.15) is 27.5 Å². The van der Waals surface area contributed by atoms with Crippen LogP contribution in [0.2, 0.25) is 0 Å². The Morgan fingerprint density at radius 3 is 2.81 bits per heavy atom. The minimum atomic E-state index is -0.0791. The molecule has 134 valence electrons. The summed E-state index contributed by atoms with van der Waals surface area (Å²) in [5, 5.41) is 10.6. The van der Waals surface area contributed by atoms with Crippen molar-refractivity contribution >= 4 is 5.91 Å². The molecule has 1 aliphatic rings. The molecule has 1 aliphatic heterocycles. The van der Waals surface area contributed by atoms with Crippen LogP contribution < -0.4 is 0 Å². The summed E-state index contributed by atoms with van der Waals surface area (Å²) in [5.74, 6) is 0.0374. The van der Waals surface area contributed by atoms with Crippen LogP contribution >= 0.6 is 0 Å². The van der Waals surface area contributed by atoms with Gasteiger partial charge in [0.05, 0.1) is 30.2 Å². The molecule has 2 aromatic heterocycles. The number of benzene rings is 1. The third-order valence-corrected chi connectivity index (χ3v) is 4.79. The average Bonchev–Trinajstić information content (AvgIpc) is 3.42. The van der Waals surface area contributed by atoms with Gasteiger partial charge in [0, 0.05) is 44.7 Å². The van der Waals surface area contributed by atoms with Gasteiger partial charge in [-0.25, -0.2) is 4.98 Å². The fourth-order valence-electron chi connectivity index (χ4n) is 3.38. The number of imidazole rings is 1. The SMILES string of the molecule is CO[C@@H]1CN(C(=O)c2ccc(Cn3ccnc3)cc2)C[C@H]1c1cn[nH]n1. The zero-order valence-electron chi connectivity index (χ0n) is 14.4. The minimum Gasteiger partial charge on any atom is -0.379 e. The Hall–Kier alpha value is -3.00. The fraction of sp³-hybridized carbons (Fsp3) is 0.333. The Labute approximate surface area is 150 Å². The Morgan fingerprint density at radius 1 is 1.31 bits per heavy atom. The Kier molecular flexibility index (Phi) is 4.49. The molecule has 0 saturated carbocycles. The summed E-state index contributed by atoms with van der Waals surface area (Å²) < 4.78 is 7.55. The zero-order chi connectivity index (χ0) is 17.9. The number of H-pyrrole nitrogens is 1. The van der Waals surface area contributed by atoms with Crippen molar-refractivity contribution in [3.8, 4) is 0 Å². The van der Waals surface area contributed by atoms with Crippen LogP contribution in [0.15, 0.2) is 49.2 Å². The molecule has 0 unspecified atom stereocenters. The van der Waals surface area contributed by atoms with E-state index in [4.69, 9.17) is 4.74 Å². The maximum Gasteiger partial charge on any atom is 0.253 e. The number of nitrogens with zero attached hydrogens (tertiary/aromatic N) is 5. The van der Waals surface area contributed by atoms with E-state index in [1.165, 1.54) is 0 Å². The number of aromatic amines is 1. The number of nitrogens with one attached hydrogen (secondary N) is 1. The van der Waals surface area contributed by atoms with Crippen molar-refractivity contribution in [3.05, 3.63) is 66.0 Å². The van der Waals surface area contributed by atoms with Crippen LogP contribution in [0.5, 0.6) is 0 Å². The number of aromatic nitrogens is 5. The first-order valence-corrected chi connectivity index (χ1v) is 8.47. The molecule has 1 N–H and O–H groups in total. The molecule has 3 heterocycles. The second-order valence-corrected chi connectivity index (χ2v) is 6.42. The molecule has 0 bridgehead atoms. The minimum absolute atomic E-state index is 0.00669. The maximum absolute atomic E-state index is 12.9. The van der Waals surface area contributed by atoms with Crippen LogP contribution in [0.25, 0.3) is 0 Å². The Bertz CT molecular complexity index is 844. The normalized spacial score (nSPS) is 19.8. The van der Waals surface area contributed by atoms with Crippen molar-refractivity contribution in [2.45, 2.75) is 18.6 Å². The third-order valence-electron chi connectivity index (χ3n) is 4.79. The van der Waals surface area contributed by atoms with Crippen LogP contribution in [0.3, 0.4) is 0 Å². The zero-order valence-corrected chi connectivity index (χ0v) is 14.4. The first kappa shape index (κ1) is 16.5. The maximum atomic E-state index is 12.9. The van der Waals surface area contributed by atoms with E-state index in [2.05, 4.69) is 20.4 Å². The summed E-state index contributed by atoms with van der Waals surface area (Å²) in [6.07, 6.45) is 7.05. The van der Waals surface area contributed by atoms with E-state index in [0.717, 1.165) is 17.8 Å². The van der Waals surface area contributed by atoms with E-state index in [-0.39, 0.29) is 17.9 Å². The number of hydrogen-bond donors (Lipinski definition) is 1. The first-order chi connectivity index (χ1) is 12.7. The molecule has 3 aromatic rings. The fourth-order valence-corrected chi connectivity index (χ4v) is 3.38. The Morgan fingerprint density at radius 2 is 2.15 bits per heavy atom. The van der Waals surface area contributed by atoms with Crippen molar-refractivity contribution in [1.82, 2.24) is 29.9 Å². The highest BCUT2D eigenvalue weighted by Gasteiger charge is 2.38. The predicted octanol–water partition coefficient (Wildman–Crippen LogP) is 1.30. The largest absolute Gasteiger partial charge is 0.379 e. The summed E-state index contributed by atoms with van der Waals surface area (Å²) in [5.41, 5.74) is 2.62. The highest BCUT2D eigenvalue weighted by molar-refractivity contribution is 5.94. The van der Waals surface area contributed by atoms with Crippen LogP contribution in [0, 0.1) is 0 Å². The van der Waals surface area contributed by atoms with Crippen LogP contribution in [-0.4, -0.2) is 62.1 Å². The molecule has 1 amide bonds. The number of methoxy groups -OCH3 is 1. The molecule has 1 saturated heterocycles. The lowest BCUT2D eigenvalue weighted by molar-refractivity contribution is 0.0714. The molecule has 0 spiro atoms. The van der Waals surface area contributed by atoms with Gasteiger partial charge in [0.25, 0.3) is 5.91 Å². The van der Waals surface area contributed by atoms with Gasteiger partial charge in [-0.3, -0.25) is 4.79 Å². The number of carbonyl (C=O) groups excluding carboxylic acids is 1. The van der Waals surface area contributed by atoms with E-state index in [1.54, 1.807) is 25.8 Å². The third kappa shape index (κ3) is 3.23. The van der Waals surface area contributed by atoms with Gasteiger partial charge in [-0.2, -0.15) is 15.4 Å². The lowest BCUT2D eigenvalue weighted by atomic mass is 10.0. The van der Waals surface area contributed by atoms with Gasteiger partial charge < -0.3 is 14.2 Å². The number of carbonyl (C=O) groups is 1. The molecule has 4 rings (SSSR count). The Balaban J connectivity index is 1.45. The van der Waals surface area contributed by atoms with E-state index in [0.29, 0.717) is 18.7 Å². The number of likely N-dealkylation sites (tertiary alicyclic amines) is 1. The summed E-state index contributed by atoms with van der Waals surface area (Å²) in [6.45, 7) is 1.85. The van der Waals surface area contributed by atoms with Crippen molar-refractivity contribution in [1.29, 1.82) is 0 Å². The molecule has 1 aromatic carbocycles. The molecule has 0 aliphatic carbocycles. The lowest BCUT2D eigenvalue weighted by Gasteiger charge is -2.16. The van der Waals surface area contributed by atoms with Gasteiger partial charge in [-0.1, -0.05) is 12.1 Å². The second kappa shape index (κ2) is 7.09. The summed E-state index contributed by atoms with van der Waals surface area (Å²) in [7, 11) is 1.66. The monoisotopic (exact) mass is 352 g/mol. The van der Waals surface area contributed by atoms with E-state index >= 15 is 0 Å². The first-order valence-electron chi connectivity index (χ1n) is 8.47. The van der Waals surface area contributed by atoms with Gasteiger partial charge in [0.1, 0.15) is 0 Å². The van der Waals surface area contributed by atoms with Crippen molar-refractivity contribution in [2.24, 2.45) is 0 Å². The summed E-state index contributed by atoms with van der Waals surface area (Å²) in [6, 6.07) is 7.71. The number of amides is 1. The molecule has 2 atom stereocenters. The van der Waals surface area contributed by atoms with Crippen LogP contribution in [-0.2, 0) is 11.3 Å². The second-order valence-electron chi connectivity index (χ2n) is 6.42. The summed E-state index contributed by atoms with van der Waals surface area (Å²) >= 11 is 0. The van der Waals surface area contributed by atoms with Gasteiger partial charge in [-0.15, -0.1) is 0 Å². The topological polar surface area (TPSA) is 88.9 Å². The van der Waals surface area contributed by atoms with E-state index in [9.17, 15) is 4.79 Å². The van der Waals surface area contributed by atoms with Crippen molar-refractivity contribution in [2.75, 3.05) is 20.2 Å². The van der Waals surface area contributed by atoms with Crippen molar-refractivity contribution < 1.29 is 9.53 Å². The average molecular weight is 352 g/mol. The number of ether oxygens (including phenoxy) is 1. The molecular weight excluding hydrogens is 332 g/mol. The molecule has 8 heteroatoms.